The van der Waals surface area contributed by atoms with Crippen molar-refractivity contribution in [2.24, 2.45) is 0 Å². The standard InChI is InChI=1S/C11H17N3/c1-8-5-9(7-12-2)6-11(13-8)14-10-3-4-10/h5-6,10,12H,3-4,7H2,1-2H3,(H,13,14). The highest BCUT2D eigenvalue weighted by atomic mass is 15.0. The fourth-order valence-corrected chi connectivity index (χ4v) is 1.56. The summed E-state index contributed by atoms with van der Waals surface area (Å²) in [5.41, 5.74) is 2.38. The van der Waals surface area contributed by atoms with E-state index >= 15 is 0 Å². The molecule has 0 aromatic carbocycles. The van der Waals surface area contributed by atoms with E-state index in [1.165, 1.54) is 18.4 Å². The lowest BCUT2D eigenvalue weighted by Gasteiger charge is -2.07. The van der Waals surface area contributed by atoms with E-state index in [0.717, 1.165) is 18.1 Å². The Labute approximate surface area is 84.9 Å². The van der Waals surface area contributed by atoms with Crippen molar-refractivity contribution < 1.29 is 0 Å². The molecule has 0 amide bonds. The molecule has 1 heterocycles. The van der Waals surface area contributed by atoms with Gasteiger partial charge >= 0.3 is 0 Å². The van der Waals surface area contributed by atoms with E-state index in [0.29, 0.717) is 6.04 Å². The molecule has 0 unspecified atom stereocenters. The van der Waals surface area contributed by atoms with Gasteiger partial charge in [-0.3, -0.25) is 0 Å². The van der Waals surface area contributed by atoms with Gasteiger partial charge in [-0.05, 0) is 44.5 Å². The fraction of sp³-hybridized carbons (Fsp3) is 0.545. The zero-order chi connectivity index (χ0) is 9.97. The molecule has 0 saturated heterocycles. The lowest BCUT2D eigenvalue weighted by Crippen LogP contribution is -2.08. The van der Waals surface area contributed by atoms with Crippen LogP contribution in [0.3, 0.4) is 0 Å². The van der Waals surface area contributed by atoms with Gasteiger partial charge in [0.1, 0.15) is 5.82 Å². The molecular formula is C11H17N3. The second-order valence-corrected chi connectivity index (χ2v) is 3.95. The van der Waals surface area contributed by atoms with Crippen LogP contribution >= 0.6 is 0 Å². The maximum absolute atomic E-state index is 4.46. The van der Waals surface area contributed by atoms with Crippen molar-refractivity contribution in [3.63, 3.8) is 0 Å². The predicted octanol–water partition coefficient (Wildman–Crippen LogP) is 1.68. The first-order valence-electron chi connectivity index (χ1n) is 5.16. The zero-order valence-corrected chi connectivity index (χ0v) is 8.80. The van der Waals surface area contributed by atoms with E-state index < -0.39 is 0 Å². The first kappa shape index (κ1) is 9.46. The molecule has 0 spiro atoms. The Hall–Kier alpha value is -1.09. The molecule has 1 aromatic heterocycles. The van der Waals surface area contributed by atoms with E-state index in [-0.39, 0.29) is 0 Å². The van der Waals surface area contributed by atoms with Gasteiger partial charge in [-0.1, -0.05) is 0 Å². The Balaban J connectivity index is 2.12. The number of aryl methyl sites for hydroxylation is 1. The molecule has 0 atom stereocenters. The van der Waals surface area contributed by atoms with Crippen molar-refractivity contribution in [2.45, 2.75) is 32.4 Å². The summed E-state index contributed by atoms with van der Waals surface area (Å²) in [7, 11) is 1.96. The van der Waals surface area contributed by atoms with Crippen molar-refractivity contribution in [2.75, 3.05) is 12.4 Å². The third kappa shape index (κ3) is 2.45. The Morgan fingerprint density at radius 3 is 2.86 bits per heavy atom. The monoisotopic (exact) mass is 191 g/mol. The van der Waals surface area contributed by atoms with Gasteiger partial charge in [-0.2, -0.15) is 0 Å². The van der Waals surface area contributed by atoms with Gasteiger partial charge in [0.25, 0.3) is 0 Å². The largest absolute Gasteiger partial charge is 0.367 e. The second-order valence-electron chi connectivity index (χ2n) is 3.95. The molecule has 0 bridgehead atoms. The SMILES string of the molecule is CNCc1cc(C)nc(NC2CC2)c1. The van der Waals surface area contributed by atoms with Gasteiger partial charge in [-0.15, -0.1) is 0 Å². The molecule has 2 rings (SSSR count). The summed E-state index contributed by atoms with van der Waals surface area (Å²) in [5, 5.41) is 6.57. The quantitative estimate of drug-likeness (QED) is 0.760. The van der Waals surface area contributed by atoms with Crippen LogP contribution in [-0.2, 0) is 6.54 Å². The van der Waals surface area contributed by atoms with Crippen LogP contribution in [0.25, 0.3) is 0 Å². The summed E-state index contributed by atoms with van der Waals surface area (Å²) in [6.45, 7) is 2.94. The number of rotatable bonds is 4. The number of anilines is 1. The van der Waals surface area contributed by atoms with Gasteiger partial charge < -0.3 is 10.6 Å². The normalized spacial score (nSPS) is 15.6. The summed E-state index contributed by atoms with van der Waals surface area (Å²) in [5.74, 6) is 1.03. The average Bonchev–Trinajstić information content (AvgIpc) is 2.87. The van der Waals surface area contributed by atoms with Crippen molar-refractivity contribution in [3.05, 3.63) is 23.4 Å². The molecule has 2 N–H and O–H groups in total. The van der Waals surface area contributed by atoms with Crippen LogP contribution < -0.4 is 10.6 Å². The third-order valence-corrected chi connectivity index (χ3v) is 2.32. The van der Waals surface area contributed by atoms with E-state index in [1.807, 2.05) is 14.0 Å². The number of pyridine rings is 1. The Kier molecular flexibility index (Phi) is 2.68. The summed E-state index contributed by atoms with van der Waals surface area (Å²) in [6.07, 6.45) is 2.58. The smallest absolute Gasteiger partial charge is 0.126 e. The Morgan fingerprint density at radius 2 is 2.21 bits per heavy atom. The van der Waals surface area contributed by atoms with E-state index in [4.69, 9.17) is 0 Å². The van der Waals surface area contributed by atoms with Crippen LogP contribution in [-0.4, -0.2) is 18.1 Å². The van der Waals surface area contributed by atoms with Gasteiger partial charge in [0.15, 0.2) is 0 Å². The number of nitrogens with one attached hydrogen (secondary N) is 2. The number of hydrogen-bond acceptors (Lipinski definition) is 3. The van der Waals surface area contributed by atoms with E-state index in [1.54, 1.807) is 0 Å². The van der Waals surface area contributed by atoms with Crippen LogP contribution in [0.4, 0.5) is 5.82 Å². The minimum Gasteiger partial charge on any atom is -0.367 e. The molecule has 0 radical (unpaired) electrons. The Morgan fingerprint density at radius 1 is 1.43 bits per heavy atom. The van der Waals surface area contributed by atoms with Crippen LogP contribution in [0.2, 0.25) is 0 Å². The van der Waals surface area contributed by atoms with Crippen LogP contribution in [0.15, 0.2) is 12.1 Å². The molecule has 14 heavy (non-hydrogen) atoms. The van der Waals surface area contributed by atoms with Crippen molar-refractivity contribution in [3.8, 4) is 0 Å². The minimum absolute atomic E-state index is 0.673. The minimum atomic E-state index is 0.673. The molecule has 0 aliphatic heterocycles. The predicted molar refractivity (Wildman–Crippen MR) is 58.4 cm³/mol. The van der Waals surface area contributed by atoms with Gasteiger partial charge in [0.05, 0.1) is 0 Å². The highest BCUT2D eigenvalue weighted by Crippen LogP contribution is 2.24. The molecule has 3 nitrogen and oxygen atoms in total. The molecule has 1 aromatic rings. The first-order chi connectivity index (χ1) is 6.78. The van der Waals surface area contributed by atoms with Crippen molar-refractivity contribution in [1.82, 2.24) is 10.3 Å². The summed E-state index contributed by atoms with van der Waals surface area (Å²) >= 11 is 0. The van der Waals surface area contributed by atoms with Gasteiger partial charge in [0, 0.05) is 18.3 Å². The molecule has 1 fully saturated rings. The molecule has 1 aliphatic rings. The summed E-state index contributed by atoms with van der Waals surface area (Å²) < 4.78 is 0. The van der Waals surface area contributed by atoms with Gasteiger partial charge in [0.2, 0.25) is 0 Å². The molecule has 1 saturated carbocycles. The van der Waals surface area contributed by atoms with Crippen LogP contribution in [0, 0.1) is 6.92 Å². The topological polar surface area (TPSA) is 37.0 Å². The summed E-state index contributed by atoms with van der Waals surface area (Å²) in [4.78, 5) is 4.46. The Bertz CT molecular complexity index is 318. The average molecular weight is 191 g/mol. The third-order valence-electron chi connectivity index (χ3n) is 2.32. The lowest BCUT2D eigenvalue weighted by molar-refractivity contribution is 0.814. The summed E-state index contributed by atoms with van der Waals surface area (Å²) in [6, 6.07) is 4.92. The number of aromatic nitrogens is 1. The maximum atomic E-state index is 4.46. The van der Waals surface area contributed by atoms with Crippen LogP contribution in [0.5, 0.6) is 0 Å². The molecule has 76 valence electrons. The highest BCUT2D eigenvalue weighted by molar-refractivity contribution is 5.41. The fourth-order valence-electron chi connectivity index (χ4n) is 1.56. The van der Waals surface area contributed by atoms with E-state index in [2.05, 4.69) is 27.8 Å². The van der Waals surface area contributed by atoms with Crippen LogP contribution in [0.1, 0.15) is 24.1 Å². The van der Waals surface area contributed by atoms with Gasteiger partial charge in [-0.25, -0.2) is 4.98 Å². The zero-order valence-electron chi connectivity index (χ0n) is 8.80. The molecular weight excluding hydrogens is 174 g/mol. The van der Waals surface area contributed by atoms with Crippen molar-refractivity contribution >= 4 is 5.82 Å². The molecule has 3 heteroatoms. The first-order valence-corrected chi connectivity index (χ1v) is 5.16. The number of hydrogen-bond donors (Lipinski definition) is 2. The maximum Gasteiger partial charge on any atom is 0.126 e. The highest BCUT2D eigenvalue weighted by Gasteiger charge is 2.21. The van der Waals surface area contributed by atoms with Crippen molar-refractivity contribution in [1.29, 1.82) is 0 Å². The molecule has 1 aliphatic carbocycles. The van der Waals surface area contributed by atoms with E-state index in [9.17, 15) is 0 Å². The second kappa shape index (κ2) is 3.96. The lowest BCUT2D eigenvalue weighted by atomic mass is 10.2. The number of nitrogens with zero attached hydrogens (tertiary/aromatic N) is 1.